The molecule has 3 aliphatic carbocycles. The molecule has 0 spiro atoms. The van der Waals surface area contributed by atoms with Crippen molar-refractivity contribution < 1.29 is 22.7 Å². The van der Waals surface area contributed by atoms with Crippen LogP contribution < -0.4 is 4.74 Å². The number of rotatable bonds is 8. The Morgan fingerprint density at radius 3 is 2.54 bits per heavy atom. The average molecular weight is 561 g/mol. The van der Waals surface area contributed by atoms with Gasteiger partial charge in [0.25, 0.3) is 5.19 Å². The minimum absolute atomic E-state index is 0.133. The summed E-state index contributed by atoms with van der Waals surface area (Å²) in [5.74, 6) is 0.251. The minimum Gasteiger partial charge on any atom is -0.460 e. The molecule has 3 heterocycles. The van der Waals surface area contributed by atoms with Crippen LogP contribution in [-0.2, 0) is 19.9 Å². The molecule has 0 N–H and O–H groups in total. The van der Waals surface area contributed by atoms with Crippen molar-refractivity contribution in [2.75, 3.05) is 26.2 Å². The molecular weight excluding hydrogens is 525 g/mol. The fourth-order valence-corrected chi connectivity index (χ4v) is 7.97. The molecule has 1 aromatic carbocycles. The number of aryl methyl sites for hydroxylation is 1. The molecule has 210 valence electrons. The van der Waals surface area contributed by atoms with Crippen LogP contribution in [0.15, 0.2) is 24.4 Å². The van der Waals surface area contributed by atoms with E-state index in [-0.39, 0.29) is 16.4 Å². The molecule has 10 heteroatoms. The third-order valence-corrected chi connectivity index (χ3v) is 10.5. The van der Waals surface area contributed by atoms with Gasteiger partial charge in [0.15, 0.2) is 12.4 Å². The van der Waals surface area contributed by atoms with E-state index in [2.05, 4.69) is 15.0 Å². The lowest BCUT2D eigenvalue weighted by Gasteiger charge is -2.54. The fraction of sp³-hybridized carbons (Fsp3) is 0.621. The molecule has 4 aliphatic rings. The maximum Gasteiger partial charge on any atom is 0.422 e. The van der Waals surface area contributed by atoms with E-state index in [1.165, 1.54) is 37.0 Å². The Labute approximate surface area is 230 Å². The van der Waals surface area contributed by atoms with Crippen LogP contribution in [0.4, 0.5) is 13.2 Å². The summed E-state index contributed by atoms with van der Waals surface area (Å²) in [5, 5.41) is 5.55. The highest BCUT2D eigenvalue weighted by molar-refractivity contribution is 7.13. The van der Waals surface area contributed by atoms with Crippen molar-refractivity contribution in [3.63, 3.8) is 0 Å². The van der Waals surface area contributed by atoms with Gasteiger partial charge in [-0.05, 0) is 74.8 Å². The summed E-state index contributed by atoms with van der Waals surface area (Å²) in [6.07, 6.45) is 7.94. The molecule has 2 aromatic heterocycles. The average Bonchev–Trinajstić information content (AvgIpc) is 3.44. The number of alkyl halides is 3. The Hall–Kier alpha value is -2.46. The van der Waals surface area contributed by atoms with Crippen molar-refractivity contribution in [3.05, 3.63) is 40.5 Å². The Kier molecular flexibility index (Phi) is 6.98. The topological polar surface area (TPSA) is 60.2 Å². The first-order chi connectivity index (χ1) is 18.6. The van der Waals surface area contributed by atoms with Gasteiger partial charge < -0.3 is 9.64 Å². The maximum absolute atomic E-state index is 13.4. The summed E-state index contributed by atoms with van der Waals surface area (Å²) in [6.45, 7) is 1.54. The highest BCUT2D eigenvalue weighted by Crippen LogP contribution is 2.60. The SMILES string of the molecule is Cn1cc2c(C(=O)CC34CCC(CCN5CCc6nc(OCC(F)(F)F)sc6CC5)(CC3)CC4)cccc2n1. The van der Waals surface area contributed by atoms with Gasteiger partial charge in [-0.25, -0.2) is 4.98 Å². The monoisotopic (exact) mass is 560 g/mol. The smallest absolute Gasteiger partial charge is 0.422 e. The van der Waals surface area contributed by atoms with Gasteiger partial charge in [-0.3, -0.25) is 9.48 Å². The van der Waals surface area contributed by atoms with Crippen LogP contribution in [-0.4, -0.2) is 57.9 Å². The number of aromatic nitrogens is 3. The lowest BCUT2D eigenvalue weighted by molar-refractivity contribution is -0.153. The van der Waals surface area contributed by atoms with Crippen molar-refractivity contribution in [2.45, 2.75) is 70.4 Å². The zero-order valence-corrected chi connectivity index (χ0v) is 23.2. The summed E-state index contributed by atoms with van der Waals surface area (Å²) < 4.78 is 44.1. The van der Waals surface area contributed by atoms with Gasteiger partial charge in [0.2, 0.25) is 0 Å². The highest BCUT2D eigenvalue weighted by Gasteiger charge is 2.49. The van der Waals surface area contributed by atoms with Gasteiger partial charge in [-0.15, -0.1) is 0 Å². The van der Waals surface area contributed by atoms with Gasteiger partial charge in [0.1, 0.15) is 0 Å². The number of carbonyl (C=O) groups excluding carboxylic acids is 1. The fourth-order valence-electron chi connectivity index (χ4n) is 7.03. The number of ketones is 1. The van der Waals surface area contributed by atoms with E-state index < -0.39 is 12.8 Å². The Balaban J connectivity index is 1.00. The molecule has 3 fully saturated rings. The second kappa shape index (κ2) is 10.2. The summed E-state index contributed by atoms with van der Waals surface area (Å²) in [6, 6.07) is 5.85. The van der Waals surface area contributed by atoms with E-state index in [9.17, 15) is 18.0 Å². The Morgan fingerprint density at radius 2 is 1.79 bits per heavy atom. The van der Waals surface area contributed by atoms with Gasteiger partial charge in [-0.1, -0.05) is 23.5 Å². The number of carbonyl (C=O) groups is 1. The molecular formula is C29H35F3N4O2S. The Morgan fingerprint density at radius 1 is 1.08 bits per heavy atom. The molecule has 6 nitrogen and oxygen atoms in total. The van der Waals surface area contributed by atoms with Gasteiger partial charge in [0.05, 0.1) is 11.2 Å². The quantitative estimate of drug-likeness (QED) is 0.300. The number of halogens is 3. The standard InChI is InChI=1S/C29H35F3N4O2S/c1-35-18-21-20(3-2-4-22(21)34-35)24(37)17-28-10-7-27(8-11-28,9-12-28)13-16-36-14-5-23-25(6-15-36)39-26(33-23)38-19-29(30,31)32/h2-4,18H,5-17,19H2,1H3. The predicted molar refractivity (Wildman–Crippen MR) is 144 cm³/mol. The highest BCUT2D eigenvalue weighted by atomic mass is 32.1. The van der Waals surface area contributed by atoms with Crippen molar-refractivity contribution >= 4 is 28.0 Å². The zero-order valence-electron chi connectivity index (χ0n) is 22.4. The van der Waals surface area contributed by atoms with Crippen molar-refractivity contribution in [1.82, 2.24) is 19.7 Å². The molecule has 0 unspecified atom stereocenters. The molecule has 0 atom stereocenters. The van der Waals surface area contributed by atoms with Gasteiger partial charge in [-0.2, -0.15) is 18.3 Å². The first-order valence-corrected chi connectivity index (χ1v) is 14.8. The summed E-state index contributed by atoms with van der Waals surface area (Å²) in [5.41, 5.74) is 3.09. The van der Waals surface area contributed by atoms with Crippen LogP contribution in [0.1, 0.15) is 72.3 Å². The second-order valence-corrected chi connectivity index (χ2v) is 13.0. The molecule has 0 amide bonds. The van der Waals surface area contributed by atoms with Crippen molar-refractivity contribution in [2.24, 2.45) is 17.9 Å². The number of benzene rings is 1. The third kappa shape index (κ3) is 5.73. The molecule has 0 saturated heterocycles. The first kappa shape index (κ1) is 26.7. The van der Waals surface area contributed by atoms with E-state index in [0.717, 1.165) is 78.8 Å². The zero-order chi connectivity index (χ0) is 27.3. The molecule has 39 heavy (non-hydrogen) atoms. The summed E-state index contributed by atoms with van der Waals surface area (Å²) in [7, 11) is 1.89. The van der Waals surface area contributed by atoms with Gasteiger partial charge >= 0.3 is 6.18 Å². The maximum atomic E-state index is 13.4. The number of nitrogens with zero attached hydrogens (tertiary/aromatic N) is 4. The molecule has 2 bridgehead atoms. The number of hydrogen-bond acceptors (Lipinski definition) is 6. The van der Waals surface area contributed by atoms with Crippen molar-refractivity contribution in [3.8, 4) is 5.19 Å². The lowest BCUT2D eigenvalue weighted by Crippen LogP contribution is -2.44. The van der Waals surface area contributed by atoms with E-state index in [4.69, 9.17) is 4.74 Å². The molecule has 7 rings (SSSR count). The number of ether oxygens (including phenoxy) is 1. The van der Waals surface area contributed by atoms with E-state index in [1.807, 2.05) is 31.4 Å². The number of fused-ring (bicyclic) bond motifs is 5. The predicted octanol–water partition coefficient (Wildman–Crippen LogP) is 6.38. The Bertz CT molecular complexity index is 1310. The van der Waals surface area contributed by atoms with Crippen LogP contribution in [0.25, 0.3) is 10.9 Å². The van der Waals surface area contributed by atoms with E-state index in [0.29, 0.717) is 11.8 Å². The summed E-state index contributed by atoms with van der Waals surface area (Å²) >= 11 is 1.26. The van der Waals surface area contributed by atoms with Crippen LogP contribution in [0.3, 0.4) is 0 Å². The molecule has 3 saturated carbocycles. The van der Waals surface area contributed by atoms with E-state index >= 15 is 0 Å². The van der Waals surface area contributed by atoms with E-state index in [1.54, 1.807) is 4.68 Å². The summed E-state index contributed by atoms with van der Waals surface area (Å²) in [4.78, 5) is 21.3. The normalized spacial score (nSPS) is 25.5. The lowest BCUT2D eigenvalue weighted by atomic mass is 9.51. The number of hydrogen-bond donors (Lipinski definition) is 0. The van der Waals surface area contributed by atoms with Crippen LogP contribution in [0.5, 0.6) is 5.19 Å². The number of Topliss-reactive ketones (excluding diaryl/α,β-unsaturated/α-hetero) is 1. The second-order valence-electron chi connectivity index (χ2n) is 12.0. The number of thiazole rings is 1. The third-order valence-electron chi connectivity index (χ3n) is 9.45. The first-order valence-electron chi connectivity index (χ1n) is 14.0. The molecule has 3 aromatic rings. The van der Waals surface area contributed by atoms with Crippen LogP contribution >= 0.6 is 11.3 Å². The minimum atomic E-state index is -4.35. The van der Waals surface area contributed by atoms with Crippen LogP contribution in [0, 0.1) is 10.8 Å². The largest absolute Gasteiger partial charge is 0.460 e. The molecule has 1 aliphatic heterocycles. The van der Waals surface area contributed by atoms with Crippen LogP contribution in [0.2, 0.25) is 0 Å². The van der Waals surface area contributed by atoms with Crippen molar-refractivity contribution in [1.29, 1.82) is 0 Å². The molecule has 0 radical (unpaired) electrons. The van der Waals surface area contributed by atoms with Gasteiger partial charge in [0, 0.05) is 55.0 Å².